The number of hydrogen-bond donors (Lipinski definition) is 2. The van der Waals surface area contributed by atoms with Crippen LogP contribution >= 0.6 is 11.8 Å². The molecule has 1 fully saturated rings. The third-order valence-electron chi connectivity index (χ3n) is 2.94. The van der Waals surface area contributed by atoms with Crippen LogP contribution in [0.5, 0.6) is 0 Å². The fourth-order valence-electron chi connectivity index (χ4n) is 1.87. The number of nitrogens with one attached hydrogen (secondary N) is 2. The first kappa shape index (κ1) is 16.0. The molecule has 1 saturated heterocycles. The second-order valence-corrected chi connectivity index (χ2v) is 5.61. The van der Waals surface area contributed by atoms with E-state index in [2.05, 4.69) is 10.6 Å². The molecule has 0 bridgehead atoms. The van der Waals surface area contributed by atoms with E-state index in [1.807, 2.05) is 13.0 Å². The Labute approximate surface area is 131 Å². The lowest BCUT2D eigenvalue weighted by molar-refractivity contribution is -0.136. The van der Waals surface area contributed by atoms with Crippen molar-refractivity contribution >= 4 is 40.4 Å². The predicted octanol–water partition coefficient (Wildman–Crippen LogP) is 0.745. The third-order valence-corrected chi connectivity index (χ3v) is 3.80. The van der Waals surface area contributed by atoms with Crippen molar-refractivity contribution < 1.29 is 19.2 Å². The van der Waals surface area contributed by atoms with Crippen LogP contribution < -0.4 is 10.6 Å². The Balaban J connectivity index is 1.78. The van der Waals surface area contributed by atoms with Crippen molar-refractivity contribution in [2.75, 3.05) is 24.2 Å². The molecular weight excluding hydrogens is 306 g/mol. The highest BCUT2D eigenvalue weighted by Crippen LogP contribution is 2.17. The summed E-state index contributed by atoms with van der Waals surface area (Å²) in [7, 11) is 0. The van der Waals surface area contributed by atoms with Gasteiger partial charge in [0.1, 0.15) is 0 Å². The maximum absolute atomic E-state index is 11.7. The van der Waals surface area contributed by atoms with Crippen LogP contribution in [-0.4, -0.2) is 46.7 Å². The second-order valence-electron chi connectivity index (χ2n) is 4.68. The number of aryl methyl sites for hydroxylation is 1. The van der Waals surface area contributed by atoms with Crippen molar-refractivity contribution in [1.82, 2.24) is 10.2 Å². The zero-order valence-corrected chi connectivity index (χ0v) is 12.7. The number of carbonyl (C=O) groups excluding carboxylic acids is 4. The molecule has 2 rings (SSSR count). The summed E-state index contributed by atoms with van der Waals surface area (Å²) < 4.78 is 0. The van der Waals surface area contributed by atoms with Gasteiger partial charge in [-0.25, -0.2) is 0 Å². The summed E-state index contributed by atoms with van der Waals surface area (Å²) >= 11 is 0.927. The van der Waals surface area contributed by atoms with E-state index in [9.17, 15) is 19.2 Å². The van der Waals surface area contributed by atoms with Crippen LogP contribution in [0.25, 0.3) is 0 Å². The van der Waals surface area contributed by atoms with Gasteiger partial charge in [0, 0.05) is 18.8 Å². The lowest BCUT2D eigenvalue weighted by Crippen LogP contribution is -2.41. The monoisotopic (exact) mass is 321 g/mol. The molecule has 8 heteroatoms. The van der Waals surface area contributed by atoms with Crippen molar-refractivity contribution in [1.29, 1.82) is 0 Å². The molecule has 0 spiro atoms. The Hall–Kier alpha value is -2.35. The minimum absolute atomic E-state index is 0.0398. The van der Waals surface area contributed by atoms with Gasteiger partial charge >= 0.3 is 11.8 Å². The summed E-state index contributed by atoms with van der Waals surface area (Å²) in [5.74, 6) is -1.76. The van der Waals surface area contributed by atoms with Crippen LogP contribution in [0.15, 0.2) is 24.3 Å². The molecule has 0 aliphatic carbocycles. The smallest absolute Gasteiger partial charge is 0.313 e. The number of nitrogens with zero attached hydrogens (tertiary/aromatic N) is 1. The van der Waals surface area contributed by atoms with Gasteiger partial charge in [-0.1, -0.05) is 23.9 Å². The Bertz CT molecular complexity index is 616. The molecule has 116 valence electrons. The fourth-order valence-corrected chi connectivity index (χ4v) is 2.62. The molecule has 2 N–H and O–H groups in total. The summed E-state index contributed by atoms with van der Waals surface area (Å²) in [4.78, 5) is 47.1. The van der Waals surface area contributed by atoms with Crippen LogP contribution in [0.4, 0.5) is 10.5 Å². The predicted molar refractivity (Wildman–Crippen MR) is 82.4 cm³/mol. The summed E-state index contributed by atoms with van der Waals surface area (Å²) in [6, 6.07) is 7.06. The molecule has 1 aromatic rings. The number of anilines is 1. The van der Waals surface area contributed by atoms with Crippen LogP contribution in [-0.2, 0) is 14.4 Å². The van der Waals surface area contributed by atoms with Crippen LogP contribution in [0.1, 0.15) is 5.56 Å². The van der Waals surface area contributed by atoms with Crippen LogP contribution in [0, 0.1) is 6.92 Å². The van der Waals surface area contributed by atoms with Crippen molar-refractivity contribution in [3.63, 3.8) is 0 Å². The maximum Gasteiger partial charge on any atom is 0.313 e. The molecular formula is C14H15N3O4S. The summed E-state index contributed by atoms with van der Waals surface area (Å²) in [6.07, 6.45) is 0. The molecule has 0 saturated carbocycles. The van der Waals surface area contributed by atoms with Gasteiger partial charge in [-0.15, -0.1) is 0 Å². The van der Waals surface area contributed by atoms with E-state index in [4.69, 9.17) is 0 Å². The van der Waals surface area contributed by atoms with E-state index in [1.54, 1.807) is 18.2 Å². The molecule has 22 heavy (non-hydrogen) atoms. The maximum atomic E-state index is 11.7. The highest BCUT2D eigenvalue weighted by Gasteiger charge is 2.29. The van der Waals surface area contributed by atoms with Gasteiger partial charge in [0.15, 0.2) is 0 Å². The fraction of sp³-hybridized carbons (Fsp3) is 0.286. The largest absolute Gasteiger partial charge is 0.346 e. The van der Waals surface area contributed by atoms with Gasteiger partial charge < -0.3 is 10.6 Å². The number of thioether (sulfide) groups is 1. The molecule has 7 nitrogen and oxygen atoms in total. The van der Waals surface area contributed by atoms with E-state index in [1.165, 1.54) is 0 Å². The SMILES string of the molecule is Cc1cccc(NC(=O)C(=O)NCCN2C(=O)CSC2=O)c1. The van der Waals surface area contributed by atoms with Gasteiger partial charge in [-0.3, -0.25) is 24.1 Å². The second kappa shape index (κ2) is 7.08. The number of rotatable bonds is 4. The molecule has 1 heterocycles. The average molecular weight is 321 g/mol. The lowest BCUT2D eigenvalue weighted by Gasteiger charge is -2.13. The van der Waals surface area contributed by atoms with E-state index < -0.39 is 11.8 Å². The van der Waals surface area contributed by atoms with Crippen molar-refractivity contribution in [3.8, 4) is 0 Å². The molecule has 0 unspecified atom stereocenters. The standard InChI is InChI=1S/C14H15N3O4S/c1-9-3-2-4-10(7-9)16-13(20)12(19)15-5-6-17-11(18)8-22-14(17)21/h2-4,7H,5-6,8H2,1H3,(H,15,19)(H,16,20). The zero-order chi connectivity index (χ0) is 16.1. The summed E-state index contributed by atoms with van der Waals surface area (Å²) in [5, 5.41) is 4.52. The highest BCUT2D eigenvalue weighted by atomic mass is 32.2. The zero-order valence-electron chi connectivity index (χ0n) is 11.9. The molecule has 1 aromatic carbocycles. The molecule has 0 aromatic heterocycles. The number of carbonyl (C=O) groups is 4. The van der Waals surface area contributed by atoms with Crippen LogP contribution in [0.3, 0.4) is 0 Å². The van der Waals surface area contributed by atoms with Crippen molar-refractivity contribution in [2.45, 2.75) is 6.92 Å². The molecule has 0 atom stereocenters. The van der Waals surface area contributed by atoms with E-state index in [0.29, 0.717) is 5.69 Å². The Morgan fingerprint density at radius 3 is 2.68 bits per heavy atom. The van der Waals surface area contributed by atoms with Gasteiger partial charge in [-0.05, 0) is 24.6 Å². The molecule has 1 aliphatic rings. The lowest BCUT2D eigenvalue weighted by atomic mass is 10.2. The molecule has 1 aliphatic heterocycles. The van der Waals surface area contributed by atoms with Crippen molar-refractivity contribution in [3.05, 3.63) is 29.8 Å². The highest BCUT2D eigenvalue weighted by molar-refractivity contribution is 8.14. The van der Waals surface area contributed by atoms with Gasteiger partial charge in [0.2, 0.25) is 5.91 Å². The Morgan fingerprint density at radius 1 is 1.27 bits per heavy atom. The minimum Gasteiger partial charge on any atom is -0.346 e. The van der Waals surface area contributed by atoms with Crippen LogP contribution in [0.2, 0.25) is 0 Å². The number of hydrogen-bond acceptors (Lipinski definition) is 5. The first-order valence-corrected chi connectivity index (χ1v) is 7.59. The number of amides is 4. The molecule has 4 amide bonds. The van der Waals surface area contributed by atoms with Gasteiger partial charge in [-0.2, -0.15) is 0 Å². The summed E-state index contributed by atoms with van der Waals surface area (Å²) in [6.45, 7) is 1.98. The quantitative estimate of drug-likeness (QED) is 0.798. The van der Waals surface area contributed by atoms with Gasteiger partial charge in [0.05, 0.1) is 5.75 Å². The third kappa shape index (κ3) is 4.08. The number of imide groups is 1. The average Bonchev–Trinajstić information content (AvgIpc) is 2.78. The summed E-state index contributed by atoms with van der Waals surface area (Å²) in [5.41, 5.74) is 1.49. The van der Waals surface area contributed by atoms with Crippen molar-refractivity contribution in [2.24, 2.45) is 0 Å². The van der Waals surface area contributed by atoms with Gasteiger partial charge in [0.25, 0.3) is 5.24 Å². The Kier molecular flexibility index (Phi) is 5.16. The topological polar surface area (TPSA) is 95.6 Å². The first-order valence-electron chi connectivity index (χ1n) is 6.60. The normalized spacial score (nSPS) is 14.1. The minimum atomic E-state index is -0.812. The van der Waals surface area contributed by atoms with E-state index >= 15 is 0 Å². The van der Waals surface area contributed by atoms with E-state index in [-0.39, 0.29) is 30.0 Å². The first-order chi connectivity index (χ1) is 10.5. The molecule has 0 radical (unpaired) electrons. The number of benzene rings is 1. The Morgan fingerprint density at radius 2 is 2.05 bits per heavy atom. The van der Waals surface area contributed by atoms with E-state index in [0.717, 1.165) is 22.2 Å².